The Hall–Kier alpha value is -1.63. The van der Waals surface area contributed by atoms with Crippen LogP contribution < -0.4 is 0 Å². The first-order valence-corrected chi connectivity index (χ1v) is 5.30. The van der Waals surface area contributed by atoms with Gasteiger partial charge in [-0.1, -0.05) is 43.3 Å². The van der Waals surface area contributed by atoms with E-state index in [0.717, 1.165) is 6.42 Å². The summed E-state index contributed by atoms with van der Waals surface area (Å²) < 4.78 is 0. The summed E-state index contributed by atoms with van der Waals surface area (Å²) in [5.41, 5.74) is 2.69. The van der Waals surface area contributed by atoms with Gasteiger partial charge in [-0.3, -0.25) is 4.98 Å². The maximum Gasteiger partial charge on any atom is 0.0302 e. The van der Waals surface area contributed by atoms with Crippen LogP contribution in [0.2, 0.25) is 0 Å². The quantitative estimate of drug-likeness (QED) is 0.734. The summed E-state index contributed by atoms with van der Waals surface area (Å²) in [5.74, 6) is 0.529. The molecule has 0 saturated carbocycles. The number of nitrogens with zero attached hydrogens (tertiary/aromatic N) is 1. The average molecular weight is 197 g/mol. The van der Waals surface area contributed by atoms with Crippen LogP contribution in [-0.4, -0.2) is 4.98 Å². The number of benzene rings is 1. The molecule has 0 aliphatic carbocycles. The van der Waals surface area contributed by atoms with Crippen LogP contribution in [0.25, 0.3) is 0 Å². The van der Waals surface area contributed by atoms with Crippen molar-refractivity contribution in [1.29, 1.82) is 0 Å². The van der Waals surface area contributed by atoms with Crippen molar-refractivity contribution in [2.75, 3.05) is 0 Å². The fourth-order valence-corrected chi connectivity index (χ4v) is 1.75. The molecule has 1 aromatic heterocycles. The first-order valence-electron chi connectivity index (χ1n) is 5.30. The molecule has 15 heavy (non-hydrogen) atoms. The normalized spacial score (nSPS) is 12.3. The third-order valence-corrected chi connectivity index (χ3v) is 2.64. The van der Waals surface area contributed by atoms with Gasteiger partial charge in [-0.25, -0.2) is 0 Å². The van der Waals surface area contributed by atoms with Crippen LogP contribution in [0.5, 0.6) is 0 Å². The zero-order valence-corrected chi connectivity index (χ0v) is 8.93. The lowest BCUT2D eigenvalue weighted by Crippen LogP contribution is -1.98. The smallest absolute Gasteiger partial charge is 0.0302 e. The van der Waals surface area contributed by atoms with E-state index in [9.17, 15) is 0 Å². The van der Waals surface area contributed by atoms with Crippen molar-refractivity contribution in [3.63, 3.8) is 0 Å². The van der Waals surface area contributed by atoms with Gasteiger partial charge in [0.25, 0.3) is 0 Å². The van der Waals surface area contributed by atoms with E-state index >= 15 is 0 Å². The number of aromatic nitrogens is 1. The second-order valence-electron chi connectivity index (χ2n) is 3.88. The van der Waals surface area contributed by atoms with E-state index in [0.29, 0.717) is 5.92 Å². The molecule has 0 spiro atoms. The summed E-state index contributed by atoms with van der Waals surface area (Å²) in [7, 11) is 0. The summed E-state index contributed by atoms with van der Waals surface area (Å²) in [6.45, 7) is 2.24. The van der Waals surface area contributed by atoms with Gasteiger partial charge in [-0.05, 0) is 29.5 Å². The lowest BCUT2D eigenvalue weighted by atomic mass is 9.95. The van der Waals surface area contributed by atoms with Gasteiger partial charge in [-0.2, -0.15) is 0 Å². The van der Waals surface area contributed by atoms with Crippen molar-refractivity contribution in [3.8, 4) is 0 Å². The van der Waals surface area contributed by atoms with E-state index in [1.54, 1.807) is 0 Å². The molecule has 1 nitrogen and oxygen atoms in total. The average Bonchev–Trinajstić information content (AvgIpc) is 2.31. The minimum atomic E-state index is 0.529. The highest BCUT2D eigenvalue weighted by atomic mass is 14.6. The number of rotatable bonds is 3. The lowest BCUT2D eigenvalue weighted by Gasteiger charge is -2.10. The predicted octanol–water partition coefficient (Wildman–Crippen LogP) is 3.43. The molecule has 76 valence electrons. The van der Waals surface area contributed by atoms with E-state index in [4.69, 9.17) is 0 Å². The van der Waals surface area contributed by atoms with Crippen LogP contribution in [0, 0.1) is 0 Å². The standard InChI is InChI=1S/C14H15N/c1-12(14-8-5-9-15-11-14)10-13-6-3-2-4-7-13/h2-9,11-12H,10H2,1H3. The molecule has 1 atom stereocenters. The predicted molar refractivity (Wildman–Crippen MR) is 62.8 cm³/mol. The van der Waals surface area contributed by atoms with Gasteiger partial charge in [0, 0.05) is 12.4 Å². The molecule has 1 heteroatoms. The molecule has 0 fully saturated rings. The Bertz CT molecular complexity index is 394. The summed E-state index contributed by atoms with van der Waals surface area (Å²) >= 11 is 0. The maximum absolute atomic E-state index is 4.15. The third-order valence-electron chi connectivity index (χ3n) is 2.64. The van der Waals surface area contributed by atoms with Crippen LogP contribution in [0.3, 0.4) is 0 Å². The van der Waals surface area contributed by atoms with Gasteiger partial charge >= 0.3 is 0 Å². The lowest BCUT2D eigenvalue weighted by molar-refractivity contribution is 0.754. The minimum Gasteiger partial charge on any atom is -0.264 e. The molecular formula is C14H15N. The Kier molecular flexibility index (Phi) is 3.13. The molecule has 0 N–H and O–H groups in total. The first kappa shape index (κ1) is 9.91. The highest BCUT2D eigenvalue weighted by Gasteiger charge is 2.05. The van der Waals surface area contributed by atoms with Gasteiger partial charge in [0.05, 0.1) is 0 Å². The topological polar surface area (TPSA) is 12.9 Å². The molecule has 1 unspecified atom stereocenters. The molecule has 0 aliphatic rings. The van der Waals surface area contributed by atoms with Crippen LogP contribution >= 0.6 is 0 Å². The molecule has 1 aromatic carbocycles. The van der Waals surface area contributed by atoms with Gasteiger partial charge in [0.15, 0.2) is 0 Å². The summed E-state index contributed by atoms with van der Waals surface area (Å²) in [4.78, 5) is 4.15. The molecule has 0 bridgehead atoms. The monoisotopic (exact) mass is 197 g/mol. The van der Waals surface area contributed by atoms with Gasteiger partial charge in [-0.15, -0.1) is 0 Å². The van der Waals surface area contributed by atoms with E-state index in [1.165, 1.54) is 11.1 Å². The Morgan fingerprint density at radius 3 is 2.53 bits per heavy atom. The minimum absolute atomic E-state index is 0.529. The van der Waals surface area contributed by atoms with E-state index < -0.39 is 0 Å². The van der Waals surface area contributed by atoms with Gasteiger partial charge in [0.2, 0.25) is 0 Å². The number of hydrogen-bond acceptors (Lipinski definition) is 1. The van der Waals surface area contributed by atoms with Crippen molar-refractivity contribution in [2.24, 2.45) is 0 Å². The van der Waals surface area contributed by atoms with Crippen LogP contribution in [-0.2, 0) is 6.42 Å². The molecule has 1 heterocycles. The second kappa shape index (κ2) is 4.74. The van der Waals surface area contributed by atoms with Crippen molar-refractivity contribution in [1.82, 2.24) is 4.98 Å². The van der Waals surface area contributed by atoms with Crippen LogP contribution in [0.1, 0.15) is 24.0 Å². The van der Waals surface area contributed by atoms with Crippen molar-refractivity contribution in [2.45, 2.75) is 19.3 Å². The van der Waals surface area contributed by atoms with Crippen LogP contribution in [0.15, 0.2) is 54.9 Å². The van der Waals surface area contributed by atoms with Crippen LogP contribution in [0.4, 0.5) is 0 Å². The van der Waals surface area contributed by atoms with Crippen molar-refractivity contribution in [3.05, 3.63) is 66.0 Å². The number of hydrogen-bond donors (Lipinski definition) is 0. The van der Waals surface area contributed by atoms with Gasteiger partial charge < -0.3 is 0 Å². The Morgan fingerprint density at radius 2 is 1.87 bits per heavy atom. The summed E-state index contributed by atoms with van der Waals surface area (Å²) in [6, 6.07) is 14.7. The Morgan fingerprint density at radius 1 is 1.07 bits per heavy atom. The van der Waals surface area contributed by atoms with E-state index in [2.05, 4.69) is 48.3 Å². The first-order chi connectivity index (χ1) is 7.36. The molecule has 2 aromatic rings. The third kappa shape index (κ3) is 2.66. The zero-order chi connectivity index (χ0) is 10.5. The van der Waals surface area contributed by atoms with Crippen molar-refractivity contribution < 1.29 is 0 Å². The summed E-state index contributed by atoms with van der Waals surface area (Å²) in [5, 5.41) is 0. The molecule has 0 saturated heterocycles. The molecule has 0 amide bonds. The summed E-state index contributed by atoms with van der Waals surface area (Å²) in [6.07, 6.45) is 4.85. The van der Waals surface area contributed by atoms with Gasteiger partial charge in [0.1, 0.15) is 0 Å². The Balaban J connectivity index is 2.08. The fraction of sp³-hybridized carbons (Fsp3) is 0.214. The largest absolute Gasteiger partial charge is 0.264 e. The maximum atomic E-state index is 4.15. The second-order valence-corrected chi connectivity index (χ2v) is 3.88. The molecule has 0 radical (unpaired) electrons. The molecule has 2 rings (SSSR count). The zero-order valence-electron chi connectivity index (χ0n) is 8.93. The van der Waals surface area contributed by atoms with E-state index in [1.807, 2.05) is 18.5 Å². The Labute approximate surface area is 90.8 Å². The molecule has 0 aliphatic heterocycles. The van der Waals surface area contributed by atoms with Crippen molar-refractivity contribution >= 4 is 0 Å². The fourth-order valence-electron chi connectivity index (χ4n) is 1.75. The highest BCUT2D eigenvalue weighted by molar-refractivity contribution is 5.21. The SMILES string of the molecule is CC(Cc1ccccc1)c1cccnc1. The number of pyridine rings is 1. The highest BCUT2D eigenvalue weighted by Crippen LogP contribution is 2.18. The van der Waals surface area contributed by atoms with E-state index in [-0.39, 0.29) is 0 Å². The molecular weight excluding hydrogens is 182 g/mol.